The molecule has 0 aliphatic carbocycles. The third kappa shape index (κ3) is 3.14. The van der Waals surface area contributed by atoms with Gasteiger partial charge in [0.15, 0.2) is 5.58 Å². The molecule has 0 atom stereocenters. The lowest BCUT2D eigenvalue weighted by atomic mass is 10.0. The van der Waals surface area contributed by atoms with Crippen molar-refractivity contribution in [3.8, 4) is 23.1 Å². The number of amides is 1. The van der Waals surface area contributed by atoms with Crippen molar-refractivity contribution < 1.29 is 13.9 Å². The van der Waals surface area contributed by atoms with Gasteiger partial charge in [0.05, 0.1) is 19.6 Å². The number of hydrogen-bond acceptors (Lipinski definition) is 5. The molecule has 0 radical (unpaired) electrons. The number of nitrogens with one attached hydrogen (secondary N) is 1. The number of nitriles is 1. The SMILES string of the molecule is COc1ccc(-c2oc3c(ccc4cccnc43)c2CC(=O)NCC#N)cc1. The zero-order chi connectivity index (χ0) is 19.5. The fraction of sp³-hybridized carbons (Fsp3) is 0.136. The standard InChI is InChI=1S/C22H17N3O3/c1-27-16-7-4-15(5-8-16)21-18(13-19(26)24-12-10-23)17-9-6-14-3-2-11-25-20(14)22(17)28-21/h2-9,11H,12-13H2,1H3,(H,24,26). The number of nitrogens with zero attached hydrogens (tertiary/aromatic N) is 2. The molecule has 2 aromatic heterocycles. The first-order valence-electron chi connectivity index (χ1n) is 8.78. The van der Waals surface area contributed by atoms with Gasteiger partial charge in [-0.3, -0.25) is 9.78 Å². The first kappa shape index (κ1) is 17.6. The molecule has 0 spiro atoms. The van der Waals surface area contributed by atoms with E-state index in [0.717, 1.165) is 33.2 Å². The summed E-state index contributed by atoms with van der Waals surface area (Å²) in [5.41, 5.74) is 3.00. The maximum Gasteiger partial charge on any atom is 0.225 e. The smallest absolute Gasteiger partial charge is 0.225 e. The molecule has 0 aliphatic heterocycles. The van der Waals surface area contributed by atoms with Crippen LogP contribution in [-0.2, 0) is 11.2 Å². The summed E-state index contributed by atoms with van der Waals surface area (Å²) in [5, 5.41) is 13.1. The molecule has 2 heterocycles. The van der Waals surface area contributed by atoms with E-state index in [4.69, 9.17) is 14.4 Å². The number of methoxy groups -OCH3 is 1. The lowest BCUT2D eigenvalue weighted by molar-refractivity contribution is -0.120. The van der Waals surface area contributed by atoms with E-state index in [-0.39, 0.29) is 18.9 Å². The fourth-order valence-corrected chi connectivity index (χ4v) is 3.26. The molecule has 4 rings (SSSR count). The second-order valence-electron chi connectivity index (χ2n) is 6.27. The Morgan fingerprint density at radius 3 is 2.79 bits per heavy atom. The lowest BCUT2D eigenvalue weighted by Gasteiger charge is -2.05. The van der Waals surface area contributed by atoms with Crippen molar-refractivity contribution in [1.29, 1.82) is 5.26 Å². The van der Waals surface area contributed by atoms with Crippen LogP contribution in [0.2, 0.25) is 0 Å². The van der Waals surface area contributed by atoms with Crippen molar-refractivity contribution in [3.05, 3.63) is 60.3 Å². The van der Waals surface area contributed by atoms with Crippen molar-refractivity contribution in [2.24, 2.45) is 0 Å². The van der Waals surface area contributed by atoms with Gasteiger partial charge in [0.1, 0.15) is 23.6 Å². The van der Waals surface area contributed by atoms with Crippen LogP contribution in [0.4, 0.5) is 0 Å². The van der Waals surface area contributed by atoms with Crippen molar-refractivity contribution in [3.63, 3.8) is 0 Å². The van der Waals surface area contributed by atoms with Crippen molar-refractivity contribution in [2.75, 3.05) is 13.7 Å². The van der Waals surface area contributed by atoms with E-state index in [1.807, 2.05) is 54.6 Å². The average Bonchev–Trinajstić information content (AvgIpc) is 3.11. The van der Waals surface area contributed by atoms with E-state index in [2.05, 4.69) is 10.3 Å². The Morgan fingerprint density at radius 2 is 2.04 bits per heavy atom. The van der Waals surface area contributed by atoms with Crippen LogP contribution in [0.5, 0.6) is 5.75 Å². The molecule has 138 valence electrons. The minimum atomic E-state index is -0.236. The maximum absolute atomic E-state index is 12.3. The number of pyridine rings is 1. The first-order valence-corrected chi connectivity index (χ1v) is 8.78. The molecular formula is C22H17N3O3. The molecule has 0 aliphatic rings. The van der Waals surface area contributed by atoms with Gasteiger partial charge in [-0.2, -0.15) is 5.26 Å². The topological polar surface area (TPSA) is 88.2 Å². The van der Waals surface area contributed by atoms with Gasteiger partial charge in [-0.15, -0.1) is 0 Å². The van der Waals surface area contributed by atoms with Gasteiger partial charge in [-0.05, 0) is 30.3 Å². The quantitative estimate of drug-likeness (QED) is 0.539. The predicted octanol–water partition coefficient (Wildman–Crippen LogP) is 3.84. The first-order chi connectivity index (χ1) is 13.7. The van der Waals surface area contributed by atoms with Crippen LogP contribution in [0.1, 0.15) is 5.56 Å². The highest BCUT2D eigenvalue weighted by molar-refractivity contribution is 6.06. The van der Waals surface area contributed by atoms with Gasteiger partial charge in [-0.1, -0.05) is 18.2 Å². The van der Waals surface area contributed by atoms with Gasteiger partial charge in [0.25, 0.3) is 0 Å². The van der Waals surface area contributed by atoms with Gasteiger partial charge >= 0.3 is 0 Å². The van der Waals surface area contributed by atoms with Crippen LogP contribution in [0, 0.1) is 11.3 Å². The molecule has 0 fully saturated rings. The van der Waals surface area contributed by atoms with E-state index in [1.54, 1.807) is 13.3 Å². The number of furan rings is 1. The monoisotopic (exact) mass is 371 g/mol. The van der Waals surface area contributed by atoms with Crippen LogP contribution in [0.3, 0.4) is 0 Å². The molecule has 28 heavy (non-hydrogen) atoms. The third-order valence-electron chi connectivity index (χ3n) is 4.59. The Balaban J connectivity index is 1.90. The van der Waals surface area contributed by atoms with Crippen LogP contribution in [0.25, 0.3) is 33.2 Å². The van der Waals surface area contributed by atoms with E-state index in [1.165, 1.54) is 0 Å². The fourth-order valence-electron chi connectivity index (χ4n) is 3.26. The van der Waals surface area contributed by atoms with E-state index >= 15 is 0 Å². The Morgan fingerprint density at radius 1 is 1.21 bits per heavy atom. The number of hydrogen-bond donors (Lipinski definition) is 1. The number of ether oxygens (including phenoxy) is 1. The van der Waals surface area contributed by atoms with Gasteiger partial charge in [0.2, 0.25) is 5.91 Å². The molecule has 2 aromatic carbocycles. The normalized spacial score (nSPS) is 10.7. The Hall–Kier alpha value is -3.85. The van der Waals surface area contributed by atoms with E-state index < -0.39 is 0 Å². The molecule has 1 N–H and O–H groups in total. The van der Waals surface area contributed by atoms with Gasteiger partial charge < -0.3 is 14.5 Å². The predicted molar refractivity (Wildman–Crippen MR) is 106 cm³/mol. The molecule has 0 saturated heterocycles. The number of carbonyl (C=O) groups excluding carboxylic acids is 1. The molecule has 0 saturated carbocycles. The number of carbonyl (C=O) groups is 1. The minimum absolute atomic E-state index is 0.0308. The lowest BCUT2D eigenvalue weighted by Crippen LogP contribution is -2.25. The number of fused-ring (bicyclic) bond motifs is 3. The molecule has 4 aromatic rings. The summed E-state index contributed by atoms with van der Waals surface area (Å²) in [6, 6.07) is 17.1. The van der Waals surface area contributed by atoms with Crippen LogP contribution in [0.15, 0.2) is 59.1 Å². The zero-order valence-corrected chi connectivity index (χ0v) is 15.2. The number of aromatic nitrogens is 1. The highest BCUT2D eigenvalue weighted by Gasteiger charge is 2.20. The molecule has 6 nitrogen and oxygen atoms in total. The second-order valence-corrected chi connectivity index (χ2v) is 6.27. The van der Waals surface area contributed by atoms with Gasteiger partial charge in [0, 0.05) is 28.1 Å². The van der Waals surface area contributed by atoms with Crippen molar-refractivity contribution in [2.45, 2.75) is 6.42 Å². The molecule has 6 heteroatoms. The van der Waals surface area contributed by atoms with Crippen molar-refractivity contribution in [1.82, 2.24) is 10.3 Å². The highest BCUT2D eigenvalue weighted by Crippen LogP contribution is 2.37. The summed E-state index contributed by atoms with van der Waals surface area (Å²) in [6.45, 7) is -0.0308. The molecule has 0 bridgehead atoms. The summed E-state index contributed by atoms with van der Waals surface area (Å²) < 4.78 is 11.5. The van der Waals surface area contributed by atoms with Crippen LogP contribution in [-0.4, -0.2) is 24.5 Å². The summed E-state index contributed by atoms with van der Waals surface area (Å²) in [5.74, 6) is 1.11. The minimum Gasteiger partial charge on any atom is -0.497 e. The maximum atomic E-state index is 12.3. The zero-order valence-electron chi connectivity index (χ0n) is 15.2. The number of rotatable bonds is 5. The summed E-state index contributed by atoms with van der Waals surface area (Å²) in [6.07, 6.45) is 1.82. The third-order valence-corrected chi connectivity index (χ3v) is 4.59. The highest BCUT2D eigenvalue weighted by atomic mass is 16.5. The second kappa shape index (κ2) is 7.41. The molecular weight excluding hydrogens is 354 g/mol. The Bertz CT molecular complexity index is 1200. The largest absolute Gasteiger partial charge is 0.497 e. The Kier molecular flexibility index (Phi) is 4.65. The molecule has 0 unspecified atom stereocenters. The molecule has 1 amide bonds. The number of benzene rings is 2. The summed E-state index contributed by atoms with van der Waals surface area (Å²) in [4.78, 5) is 16.8. The summed E-state index contributed by atoms with van der Waals surface area (Å²) in [7, 11) is 1.61. The Labute approximate surface area is 161 Å². The van der Waals surface area contributed by atoms with E-state index in [9.17, 15) is 4.79 Å². The average molecular weight is 371 g/mol. The van der Waals surface area contributed by atoms with Crippen LogP contribution < -0.4 is 10.1 Å². The van der Waals surface area contributed by atoms with Gasteiger partial charge in [-0.25, -0.2) is 0 Å². The summed E-state index contributed by atoms with van der Waals surface area (Å²) >= 11 is 0. The van der Waals surface area contributed by atoms with Crippen LogP contribution >= 0.6 is 0 Å². The van der Waals surface area contributed by atoms with Crippen molar-refractivity contribution >= 4 is 27.8 Å². The van der Waals surface area contributed by atoms with E-state index in [0.29, 0.717) is 11.3 Å².